The Kier molecular flexibility index (Phi) is 3.37. The second-order valence-electron chi connectivity index (χ2n) is 2.53. The molecule has 0 aromatic heterocycles. The van der Waals surface area contributed by atoms with Gasteiger partial charge < -0.3 is 0 Å². The summed E-state index contributed by atoms with van der Waals surface area (Å²) in [5, 5.41) is 18.6. The first-order valence-corrected chi connectivity index (χ1v) is 3.95. The van der Waals surface area contributed by atoms with Crippen molar-refractivity contribution in [2.45, 2.75) is 6.42 Å². The van der Waals surface area contributed by atoms with Gasteiger partial charge in [-0.1, -0.05) is 17.9 Å². The first kappa shape index (κ1) is 10.7. The minimum Gasteiger partial charge on any atom is -0.258 e. The summed E-state index contributed by atoms with van der Waals surface area (Å²) in [4.78, 5) is 9.55. The highest BCUT2D eigenvalue weighted by Crippen LogP contribution is 2.19. The SMILES string of the molecule is N#CCC#Cc1cccc([N+](=O)[O-])c1F. The monoisotopic (exact) mass is 204 g/mol. The zero-order valence-electron chi connectivity index (χ0n) is 7.53. The summed E-state index contributed by atoms with van der Waals surface area (Å²) >= 11 is 0. The molecule has 0 bridgehead atoms. The van der Waals surface area contributed by atoms with Gasteiger partial charge >= 0.3 is 5.69 Å². The van der Waals surface area contributed by atoms with Crippen LogP contribution >= 0.6 is 0 Å². The largest absolute Gasteiger partial charge is 0.306 e. The summed E-state index contributed by atoms with van der Waals surface area (Å²) in [5.74, 6) is 3.78. The number of rotatable bonds is 1. The second kappa shape index (κ2) is 4.73. The zero-order valence-corrected chi connectivity index (χ0v) is 7.53. The quantitative estimate of drug-likeness (QED) is 0.399. The lowest BCUT2D eigenvalue weighted by Crippen LogP contribution is -1.94. The molecule has 0 spiro atoms. The van der Waals surface area contributed by atoms with E-state index in [1.165, 1.54) is 12.1 Å². The van der Waals surface area contributed by atoms with Gasteiger partial charge in [-0.15, -0.1) is 0 Å². The Morgan fingerprint density at radius 3 is 2.87 bits per heavy atom. The molecule has 0 aliphatic carbocycles. The van der Waals surface area contributed by atoms with Gasteiger partial charge in [0.15, 0.2) is 0 Å². The lowest BCUT2D eigenvalue weighted by molar-refractivity contribution is -0.387. The van der Waals surface area contributed by atoms with Crippen molar-refractivity contribution in [1.29, 1.82) is 5.26 Å². The average molecular weight is 204 g/mol. The molecule has 0 fully saturated rings. The molecule has 0 atom stereocenters. The Labute approximate surface area is 85.1 Å². The normalized spacial score (nSPS) is 8.53. The van der Waals surface area contributed by atoms with E-state index in [4.69, 9.17) is 5.26 Å². The topological polar surface area (TPSA) is 66.9 Å². The highest BCUT2D eigenvalue weighted by Gasteiger charge is 2.15. The molecule has 0 saturated heterocycles. The van der Waals surface area contributed by atoms with Gasteiger partial charge in [0.25, 0.3) is 0 Å². The molecule has 0 N–H and O–H groups in total. The van der Waals surface area contributed by atoms with Gasteiger partial charge in [-0.25, -0.2) is 0 Å². The zero-order chi connectivity index (χ0) is 11.3. The van der Waals surface area contributed by atoms with Crippen molar-refractivity contribution in [3.05, 3.63) is 39.7 Å². The predicted octanol–water partition coefficient (Wildman–Crippen LogP) is 2.00. The molecule has 5 heteroatoms. The lowest BCUT2D eigenvalue weighted by Gasteiger charge is -1.95. The summed E-state index contributed by atoms with van der Waals surface area (Å²) in [6, 6.07) is 5.50. The predicted molar refractivity (Wildman–Crippen MR) is 50.2 cm³/mol. The maximum Gasteiger partial charge on any atom is 0.306 e. The summed E-state index contributed by atoms with van der Waals surface area (Å²) < 4.78 is 13.3. The van der Waals surface area contributed by atoms with E-state index in [1.54, 1.807) is 6.07 Å². The Hall–Kier alpha value is -2.40. The number of nitriles is 1. The van der Waals surface area contributed by atoms with Crippen LogP contribution in [0.15, 0.2) is 18.2 Å². The first-order valence-electron chi connectivity index (χ1n) is 3.95. The van der Waals surface area contributed by atoms with Crippen molar-refractivity contribution in [3.63, 3.8) is 0 Å². The minimum atomic E-state index is -0.965. The molecule has 1 rings (SSSR count). The summed E-state index contributed by atoms with van der Waals surface area (Å²) in [6.45, 7) is 0. The first-order chi connectivity index (χ1) is 7.16. The molecular weight excluding hydrogens is 199 g/mol. The fourth-order valence-corrected chi connectivity index (χ4v) is 0.936. The van der Waals surface area contributed by atoms with Gasteiger partial charge in [0.05, 0.1) is 23.0 Å². The Morgan fingerprint density at radius 2 is 2.27 bits per heavy atom. The maximum atomic E-state index is 13.3. The smallest absolute Gasteiger partial charge is 0.258 e. The van der Waals surface area contributed by atoms with E-state index < -0.39 is 16.4 Å². The number of nitrogens with zero attached hydrogens (tertiary/aromatic N) is 2. The van der Waals surface area contributed by atoms with Gasteiger partial charge in [0, 0.05) is 6.07 Å². The van der Waals surface area contributed by atoms with Crippen LogP contribution in [0, 0.1) is 39.1 Å². The fourth-order valence-electron chi connectivity index (χ4n) is 0.936. The van der Waals surface area contributed by atoms with E-state index >= 15 is 0 Å². The Morgan fingerprint density at radius 1 is 1.53 bits per heavy atom. The summed E-state index contributed by atoms with van der Waals surface area (Å²) in [5.41, 5.74) is -0.682. The molecular formula is C10H5FN2O2. The summed E-state index contributed by atoms with van der Waals surface area (Å²) in [6.07, 6.45) is -0.0396. The number of nitro groups is 1. The van der Waals surface area contributed by atoms with Crippen molar-refractivity contribution in [2.75, 3.05) is 0 Å². The molecule has 1 aromatic rings. The number of hydrogen-bond acceptors (Lipinski definition) is 3. The number of benzene rings is 1. The van der Waals surface area contributed by atoms with Crippen molar-refractivity contribution >= 4 is 5.69 Å². The van der Waals surface area contributed by atoms with Crippen LogP contribution in [0.5, 0.6) is 0 Å². The minimum absolute atomic E-state index is 0.0396. The van der Waals surface area contributed by atoms with E-state index in [0.717, 1.165) is 6.07 Å². The van der Waals surface area contributed by atoms with Gasteiger partial charge in [-0.05, 0) is 6.07 Å². The van der Waals surface area contributed by atoms with E-state index in [9.17, 15) is 14.5 Å². The second-order valence-corrected chi connectivity index (χ2v) is 2.53. The molecule has 1 aromatic carbocycles. The van der Waals surface area contributed by atoms with Crippen LogP contribution in [0.25, 0.3) is 0 Å². The average Bonchev–Trinajstić information content (AvgIpc) is 2.20. The molecule has 4 nitrogen and oxygen atoms in total. The highest BCUT2D eigenvalue weighted by molar-refractivity contribution is 5.45. The third-order valence-electron chi connectivity index (χ3n) is 1.57. The lowest BCUT2D eigenvalue weighted by atomic mass is 10.2. The van der Waals surface area contributed by atoms with Crippen LogP contribution in [-0.2, 0) is 0 Å². The Balaban J connectivity index is 3.13. The van der Waals surface area contributed by atoms with Crippen molar-refractivity contribution < 1.29 is 9.31 Å². The molecule has 74 valence electrons. The van der Waals surface area contributed by atoms with Crippen molar-refractivity contribution in [3.8, 4) is 17.9 Å². The van der Waals surface area contributed by atoms with Crippen LogP contribution in [0.4, 0.5) is 10.1 Å². The molecule has 15 heavy (non-hydrogen) atoms. The molecule has 0 saturated carbocycles. The van der Waals surface area contributed by atoms with Crippen LogP contribution in [-0.4, -0.2) is 4.92 Å². The van der Waals surface area contributed by atoms with Crippen LogP contribution in [0.3, 0.4) is 0 Å². The molecule has 0 heterocycles. The van der Waals surface area contributed by atoms with Crippen LogP contribution in [0.1, 0.15) is 12.0 Å². The highest BCUT2D eigenvalue weighted by atomic mass is 19.1. The third kappa shape index (κ3) is 2.52. The van der Waals surface area contributed by atoms with Crippen LogP contribution in [0.2, 0.25) is 0 Å². The van der Waals surface area contributed by atoms with E-state index in [-0.39, 0.29) is 12.0 Å². The number of nitro benzene ring substituents is 1. The standard InChI is InChI=1S/C10H5FN2O2/c11-10-8(4-1-2-7-12)5-3-6-9(10)13(14)15/h3,5-6H,2H2. The van der Waals surface area contributed by atoms with Gasteiger partial charge in [-0.3, -0.25) is 10.1 Å². The van der Waals surface area contributed by atoms with E-state index in [2.05, 4.69) is 11.8 Å². The third-order valence-corrected chi connectivity index (χ3v) is 1.57. The number of hydrogen-bond donors (Lipinski definition) is 0. The molecule has 0 radical (unpaired) electrons. The van der Waals surface area contributed by atoms with E-state index in [0.29, 0.717) is 0 Å². The molecule has 0 amide bonds. The summed E-state index contributed by atoms with van der Waals surface area (Å²) in [7, 11) is 0. The van der Waals surface area contributed by atoms with Crippen LogP contribution < -0.4 is 0 Å². The van der Waals surface area contributed by atoms with E-state index in [1.807, 2.05) is 0 Å². The molecule has 0 aliphatic heterocycles. The van der Waals surface area contributed by atoms with Crippen molar-refractivity contribution in [1.82, 2.24) is 0 Å². The number of halogens is 1. The molecule has 0 aliphatic rings. The fraction of sp³-hybridized carbons (Fsp3) is 0.100. The maximum absolute atomic E-state index is 13.3. The molecule has 0 unspecified atom stereocenters. The van der Waals surface area contributed by atoms with Gasteiger partial charge in [0.1, 0.15) is 0 Å². The van der Waals surface area contributed by atoms with Gasteiger partial charge in [-0.2, -0.15) is 9.65 Å². The van der Waals surface area contributed by atoms with Gasteiger partial charge in [0.2, 0.25) is 5.82 Å². The van der Waals surface area contributed by atoms with Crippen molar-refractivity contribution in [2.24, 2.45) is 0 Å². The Bertz CT molecular complexity index is 494.